The molecule has 25 heavy (non-hydrogen) atoms. The zero-order chi connectivity index (χ0) is 18.7. The van der Waals surface area contributed by atoms with Crippen LogP contribution in [0.5, 0.6) is 0 Å². The lowest BCUT2D eigenvalue weighted by Gasteiger charge is -2.16. The molecule has 5 nitrogen and oxygen atoms in total. The molecule has 0 atom stereocenters. The molecule has 0 fully saturated rings. The van der Waals surface area contributed by atoms with Crippen LogP contribution in [0.1, 0.15) is 53.9 Å². The van der Waals surface area contributed by atoms with Crippen molar-refractivity contribution in [3.05, 3.63) is 50.6 Å². The van der Waals surface area contributed by atoms with Gasteiger partial charge in [-0.3, -0.25) is 4.98 Å². The first-order valence-electron chi connectivity index (χ1n) is 8.15. The molecular formula is C19H21ClN3O2+. The Morgan fingerprint density at radius 3 is 2.56 bits per heavy atom. The Hall–Kier alpha value is -2.45. The lowest BCUT2D eigenvalue weighted by Crippen LogP contribution is -2.10. The maximum Gasteiger partial charge on any atom is 0.388 e. The third kappa shape index (κ3) is 3.64. The average molecular weight is 359 g/mol. The largest absolute Gasteiger partial charge is 0.462 e. The Kier molecular flexibility index (Phi) is 5.76. The van der Waals surface area contributed by atoms with E-state index in [-0.39, 0.29) is 18.1 Å². The number of aryl methyl sites for hydroxylation is 1. The second kappa shape index (κ2) is 7.62. The summed E-state index contributed by atoms with van der Waals surface area (Å²) >= 11 is 6.36. The van der Waals surface area contributed by atoms with Crippen LogP contribution in [-0.2, 0) is 4.74 Å². The predicted molar refractivity (Wildman–Crippen MR) is 98.9 cm³/mol. The van der Waals surface area contributed by atoms with Crippen molar-refractivity contribution >= 4 is 23.3 Å². The van der Waals surface area contributed by atoms with E-state index in [4.69, 9.17) is 16.3 Å². The molecule has 0 radical (unpaired) electrons. The number of hydrogen-bond acceptors (Lipinski definition) is 4. The van der Waals surface area contributed by atoms with Crippen LogP contribution >= 0.6 is 11.6 Å². The van der Waals surface area contributed by atoms with Crippen LogP contribution in [0.4, 0.5) is 5.69 Å². The molecule has 0 saturated carbocycles. The van der Waals surface area contributed by atoms with Gasteiger partial charge in [-0.2, -0.15) is 0 Å². The summed E-state index contributed by atoms with van der Waals surface area (Å²) in [5.41, 5.74) is 4.63. The van der Waals surface area contributed by atoms with E-state index in [0.29, 0.717) is 22.1 Å². The van der Waals surface area contributed by atoms with Crippen molar-refractivity contribution in [2.45, 2.75) is 40.5 Å². The van der Waals surface area contributed by atoms with E-state index in [0.717, 1.165) is 16.7 Å². The predicted octanol–water partition coefficient (Wildman–Crippen LogP) is 5.80. The first-order valence-corrected chi connectivity index (χ1v) is 8.52. The van der Waals surface area contributed by atoms with Gasteiger partial charge in [0.2, 0.25) is 5.39 Å². The third-order valence-corrected chi connectivity index (χ3v) is 4.38. The molecule has 0 aliphatic heterocycles. The van der Waals surface area contributed by atoms with Crippen LogP contribution in [0.25, 0.3) is 16.2 Å². The van der Waals surface area contributed by atoms with Crippen molar-refractivity contribution < 1.29 is 9.53 Å². The zero-order valence-electron chi connectivity index (χ0n) is 15.1. The fourth-order valence-electron chi connectivity index (χ4n) is 2.86. The number of carbonyl (C=O) groups is 1. The van der Waals surface area contributed by atoms with Gasteiger partial charge in [0, 0.05) is 11.6 Å². The van der Waals surface area contributed by atoms with Gasteiger partial charge >= 0.3 is 11.7 Å². The minimum absolute atomic E-state index is 0.243. The number of diazo groups is 1. The van der Waals surface area contributed by atoms with Gasteiger partial charge in [0.1, 0.15) is 0 Å². The van der Waals surface area contributed by atoms with Crippen LogP contribution in [-0.4, -0.2) is 17.6 Å². The highest BCUT2D eigenvalue weighted by Crippen LogP contribution is 2.38. The van der Waals surface area contributed by atoms with Crippen molar-refractivity contribution in [3.8, 4) is 11.3 Å². The van der Waals surface area contributed by atoms with Gasteiger partial charge in [-0.25, -0.2) is 4.79 Å². The third-order valence-electron chi connectivity index (χ3n) is 4.09. The molecule has 1 heterocycles. The second-order valence-corrected chi connectivity index (χ2v) is 6.51. The number of rotatable bonds is 4. The van der Waals surface area contributed by atoms with Crippen molar-refractivity contribution in [1.82, 2.24) is 4.98 Å². The Morgan fingerprint density at radius 1 is 1.36 bits per heavy atom. The van der Waals surface area contributed by atoms with Crippen LogP contribution in [0.2, 0.25) is 5.02 Å². The van der Waals surface area contributed by atoms with Crippen LogP contribution in [0.3, 0.4) is 0 Å². The van der Waals surface area contributed by atoms with Gasteiger partial charge in [0.05, 0.1) is 34.1 Å². The number of ether oxygens (including phenoxy) is 1. The number of benzene rings is 1. The number of esters is 1. The first-order chi connectivity index (χ1) is 11.8. The van der Waals surface area contributed by atoms with E-state index in [2.05, 4.69) is 23.8 Å². The number of pyridine rings is 1. The minimum Gasteiger partial charge on any atom is -0.462 e. The van der Waals surface area contributed by atoms with Gasteiger partial charge in [-0.05, 0) is 38.3 Å². The lowest BCUT2D eigenvalue weighted by molar-refractivity contribution is 0.0525. The van der Waals surface area contributed by atoms with Gasteiger partial charge in [-0.1, -0.05) is 31.5 Å². The first kappa shape index (κ1) is 18.9. The highest BCUT2D eigenvalue weighted by molar-refractivity contribution is 6.34. The fraction of sp³-hybridized carbons (Fsp3) is 0.368. The van der Waals surface area contributed by atoms with E-state index >= 15 is 0 Å². The molecule has 0 aliphatic rings. The summed E-state index contributed by atoms with van der Waals surface area (Å²) in [6.07, 6.45) is 0. The topological polar surface area (TPSA) is 67.3 Å². The van der Waals surface area contributed by atoms with E-state index < -0.39 is 5.97 Å². The van der Waals surface area contributed by atoms with E-state index in [1.54, 1.807) is 26.0 Å². The molecule has 1 aromatic carbocycles. The van der Waals surface area contributed by atoms with Gasteiger partial charge in [0.25, 0.3) is 0 Å². The smallest absolute Gasteiger partial charge is 0.388 e. The Bertz CT molecular complexity index is 847. The van der Waals surface area contributed by atoms with Gasteiger partial charge < -0.3 is 4.74 Å². The van der Waals surface area contributed by atoms with E-state index in [1.807, 2.05) is 13.0 Å². The minimum atomic E-state index is -0.482. The highest BCUT2D eigenvalue weighted by atomic mass is 35.5. The normalized spacial score (nSPS) is 10.6. The van der Waals surface area contributed by atoms with E-state index in [9.17, 15) is 10.2 Å². The summed E-state index contributed by atoms with van der Waals surface area (Å²) in [4.78, 5) is 20.0. The monoisotopic (exact) mass is 358 g/mol. The molecule has 0 amide bonds. The lowest BCUT2D eigenvalue weighted by atomic mass is 9.90. The maximum atomic E-state index is 12.1. The number of halogens is 1. The Balaban J connectivity index is 2.72. The van der Waals surface area contributed by atoms with Crippen molar-refractivity contribution in [3.63, 3.8) is 0 Å². The Labute approximate surface area is 152 Å². The molecule has 6 heteroatoms. The quantitative estimate of drug-likeness (QED) is 0.511. The maximum absolute atomic E-state index is 12.1. The summed E-state index contributed by atoms with van der Waals surface area (Å²) in [5, 5.41) is 9.51. The summed E-state index contributed by atoms with van der Waals surface area (Å²) in [6, 6.07) is 5.36. The van der Waals surface area contributed by atoms with Gasteiger partial charge in [0.15, 0.2) is 4.98 Å². The number of aromatic nitrogens is 1. The average Bonchev–Trinajstić information content (AvgIpc) is 2.53. The molecule has 0 N–H and O–H groups in total. The fourth-order valence-corrected chi connectivity index (χ4v) is 3.18. The molecular weight excluding hydrogens is 338 g/mol. The van der Waals surface area contributed by atoms with Gasteiger partial charge in [-0.15, -0.1) is 0 Å². The number of carbonyl (C=O) groups excluding carboxylic acids is 1. The zero-order valence-corrected chi connectivity index (χ0v) is 15.8. The standard InChI is InChI=1S/C19H21ClN3O2/c1-6-25-19(24)18-12(5)22-16(9-14(18)20)17-11(4)15(23-21)8-7-13(17)10(2)3/h7-10H,6H2,1-5H3/q+1. The summed E-state index contributed by atoms with van der Waals surface area (Å²) in [5.74, 6) is -0.240. The SMILES string of the molecule is CCOC(=O)c1c(Cl)cc(-c2c(C(C)C)ccc([N+]#N)c2C)nc1C. The molecule has 2 aromatic rings. The van der Waals surface area contributed by atoms with E-state index in [1.165, 1.54) is 0 Å². The molecule has 2 rings (SSSR count). The molecule has 0 saturated heterocycles. The van der Waals surface area contributed by atoms with Crippen LogP contribution in [0, 0.1) is 19.2 Å². The Morgan fingerprint density at radius 2 is 2.04 bits per heavy atom. The van der Waals surface area contributed by atoms with Crippen molar-refractivity contribution in [1.29, 1.82) is 5.39 Å². The highest BCUT2D eigenvalue weighted by Gasteiger charge is 2.24. The number of nitrogens with zero attached hydrogens (tertiary/aromatic N) is 3. The molecule has 0 bridgehead atoms. The molecule has 130 valence electrons. The summed E-state index contributed by atoms with van der Waals surface area (Å²) in [7, 11) is 0. The second-order valence-electron chi connectivity index (χ2n) is 6.10. The van der Waals surface area contributed by atoms with Crippen molar-refractivity contribution in [2.75, 3.05) is 6.61 Å². The summed E-state index contributed by atoms with van der Waals surface area (Å²) < 4.78 is 5.05. The summed E-state index contributed by atoms with van der Waals surface area (Å²) in [6.45, 7) is 9.77. The van der Waals surface area contributed by atoms with Crippen molar-refractivity contribution in [2.24, 2.45) is 0 Å². The molecule has 0 aliphatic carbocycles. The van der Waals surface area contributed by atoms with Crippen LogP contribution < -0.4 is 0 Å². The number of hydrogen-bond donors (Lipinski definition) is 0. The molecule has 0 spiro atoms. The molecule has 0 unspecified atom stereocenters. The van der Waals surface area contributed by atoms with Crippen LogP contribution in [0.15, 0.2) is 18.2 Å². The molecule has 1 aromatic heterocycles.